The van der Waals surface area contributed by atoms with Crippen LogP contribution in [0.15, 0.2) is 18.2 Å². The Bertz CT molecular complexity index is 526. The van der Waals surface area contributed by atoms with Gasteiger partial charge in [-0.1, -0.05) is 6.07 Å². The van der Waals surface area contributed by atoms with Crippen LogP contribution in [0.1, 0.15) is 5.56 Å². The first-order chi connectivity index (χ1) is 10.3. The first-order valence-corrected chi connectivity index (χ1v) is 6.78. The van der Waals surface area contributed by atoms with Gasteiger partial charge in [-0.25, -0.2) is 8.78 Å². The van der Waals surface area contributed by atoms with E-state index in [1.165, 1.54) is 6.07 Å². The van der Waals surface area contributed by atoms with E-state index in [0.29, 0.717) is 0 Å². The summed E-state index contributed by atoms with van der Waals surface area (Å²) in [6, 6.07) is 3.38. The number of benzene rings is 1. The van der Waals surface area contributed by atoms with E-state index in [1.807, 2.05) is 0 Å². The number of hydrogen-bond donors (Lipinski definition) is 2. The predicted octanol–water partition coefficient (Wildman–Crippen LogP) is 2.02. The van der Waals surface area contributed by atoms with E-state index in [1.54, 1.807) is 0 Å². The molecule has 1 aliphatic rings. The van der Waals surface area contributed by atoms with E-state index >= 15 is 0 Å². The maximum absolute atomic E-state index is 13.4. The molecule has 2 rings (SSSR count). The molecule has 0 aromatic heterocycles. The summed E-state index contributed by atoms with van der Waals surface area (Å²) in [6.45, 7) is -0.495. The van der Waals surface area contributed by atoms with Gasteiger partial charge in [-0.2, -0.15) is 13.2 Å². The van der Waals surface area contributed by atoms with Crippen LogP contribution in [-0.2, 0) is 11.2 Å². The summed E-state index contributed by atoms with van der Waals surface area (Å²) in [5.74, 6) is -5.21. The number of hydrogen-bond acceptors (Lipinski definition) is 2. The lowest BCUT2D eigenvalue weighted by molar-refractivity contribution is -0.182. The Morgan fingerprint density at radius 1 is 1.23 bits per heavy atom. The highest BCUT2D eigenvalue weighted by molar-refractivity contribution is 5.79. The lowest BCUT2D eigenvalue weighted by atomic mass is 9.94. The summed E-state index contributed by atoms with van der Waals surface area (Å²) in [7, 11) is 0. The van der Waals surface area contributed by atoms with Gasteiger partial charge in [0.25, 0.3) is 0 Å². The number of halogens is 5. The molecule has 1 fully saturated rings. The first-order valence-electron chi connectivity index (χ1n) is 6.78. The monoisotopic (exact) mass is 322 g/mol. The standard InChI is InChI=1S/C14H15F5N2O/c15-11-2-1-3-12(16)8(11)4-5-21-13(22)9-6-20-7-10(9)14(17,18)19/h1-3,9-10,20H,4-7H2,(H,21,22)/t9-,10-/m1/s1. The Kier molecular flexibility index (Phi) is 5.00. The molecule has 1 aromatic rings. The fraction of sp³-hybridized carbons (Fsp3) is 0.500. The Labute approximate surface area is 123 Å². The van der Waals surface area contributed by atoms with Crippen LogP contribution in [0.2, 0.25) is 0 Å². The summed E-state index contributed by atoms with van der Waals surface area (Å²) in [4.78, 5) is 11.8. The van der Waals surface area contributed by atoms with Crippen LogP contribution in [0.5, 0.6) is 0 Å². The van der Waals surface area contributed by atoms with Gasteiger partial charge >= 0.3 is 6.18 Å². The Balaban J connectivity index is 1.91. The van der Waals surface area contributed by atoms with Crippen molar-refractivity contribution in [2.75, 3.05) is 19.6 Å². The summed E-state index contributed by atoms with van der Waals surface area (Å²) in [5.41, 5.74) is -0.195. The highest BCUT2D eigenvalue weighted by Crippen LogP contribution is 2.34. The SMILES string of the molecule is O=C(NCCc1c(F)cccc1F)[C@@H]1CNC[C@H]1C(F)(F)F. The number of amides is 1. The molecule has 1 aromatic carbocycles. The van der Waals surface area contributed by atoms with Crippen molar-refractivity contribution in [3.63, 3.8) is 0 Å². The van der Waals surface area contributed by atoms with E-state index in [9.17, 15) is 26.7 Å². The molecule has 0 bridgehead atoms. The molecular formula is C14H15F5N2O. The lowest BCUT2D eigenvalue weighted by Crippen LogP contribution is -2.40. The normalized spacial score (nSPS) is 21.9. The first kappa shape index (κ1) is 16.7. The number of nitrogens with one attached hydrogen (secondary N) is 2. The lowest BCUT2D eigenvalue weighted by Gasteiger charge is -2.20. The quantitative estimate of drug-likeness (QED) is 0.833. The summed E-state index contributed by atoms with van der Waals surface area (Å²) >= 11 is 0. The molecule has 2 atom stereocenters. The van der Waals surface area contributed by atoms with E-state index in [-0.39, 0.29) is 31.6 Å². The van der Waals surface area contributed by atoms with Crippen molar-refractivity contribution >= 4 is 5.91 Å². The highest BCUT2D eigenvalue weighted by atomic mass is 19.4. The average Bonchev–Trinajstić information content (AvgIpc) is 2.91. The molecule has 1 amide bonds. The Morgan fingerprint density at radius 2 is 1.86 bits per heavy atom. The maximum atomic E-state index is 13.4. The molecule has 0 saturated carbocycles. The van der Waals surface area contributed by atoms with E-state index in [2.05, 4.69) is 10.6 Å². The van der Waals surface area contributed by atoms with Gasteiger partial charge in [0.05, 0.1) is 11.8 Å². The molecule has 1 aliphatic heterocycles. The fourth-order valence-corrected chi connectivity index (χ4v) is 2.51. The molecule has 122 valence electrons. The van der Waals surface area contributed by atoms with Crippen LogP contribution in [0.4, 0.5) is 22.0 Å². The minimum atomic E-state index is -4.46. The third-order valence-electron chi connectivity index (χ3n) is 3.71. The van der Waals surface area contributed by atoms with Crippen LogP contribution < -0.4 is 10.6 Å². The van der Waals surface area contributed by atoms with Gasteiger partial charge in [-0.05, 0) is 18.6 Å². The molecule has 1 heterocycles. The van der Waals surface area contributed by atoms with Crippen molar-refractivity contribution in [3.8, 4) is 0 Å². The molecule has 0 spiro atoms. The third-order valence-corrected chi connectivity index (χ3v) is 3.71. The molecule has 0 unspecified atom stereocenters. The van der Waals surface area contributed by atoms with Crippen LogP contribution in [0, 0.1) is 23.5 Å². The van der Waals surface area contributed by atoms with Crippen molar-refractivity contribution in [2.45, 2.75) is 12.6 Å². The van der Waals surface area contributed by atoms with Crippen molar-refractivity contribution in [3.05, 3.63) is 35.4 Å². The average molecular weight is 322 g/mol. The Morgan fingerprint density at radius 3 is 2.45 bits per heavy atom. The summed E-state index contributed by atoms with van der Waals surface area (Å²) in [5, 5.41) is 4.85. The van der Waals surface area contributed by atoms with Crippen LogP contribution in [0.3, 0.4) is 0 Å². The second kappa shape index (κ2) is 6.60. The molecule has 3 nitrogen and oxygen atoms in total. The molecule has 0 aliphatic carbocycles. The molecule has 2 N–H and O–H groups in total. The molecule has 8 heteroatoms. The molecule has 22 heavy (non-hydrogen) atoms. The largest absolute Gasteiger partial charge is 0.393 e. The zero-order valence-electron chi connectivity index (χ0n) is 11.5. The summed E-state index contributed by atoms with van der Waals surface area (Å²) in [6.07, 6.45) is -4.58. The van der Waals surface area contributed by atoms with Gasteiger partial charge in [-0.3, -0.25) is 4.79 Å². The van der Waals surface area contributed by atoms with Gasteiger partial charge in [0.15, 0.2) is 0 Å². The van der Waals surface area contributed by atoms with Gasteiger partial charge < -0.3 is 10.6 Å². The third kappa shape index (κ3) is 3.73. The number of carbonyl (C=O) groups excluding carboxylic acids is 1. The Hall–Kier alpha value is -1.70. The minimum Gasteiger partial charge on any atom is -0.355 e. The molecular weight excluding hydrogens is 307 g/mol. The van der Waals surface area contributed by atoms with Gasteiger partial charge in [0, 0.05) is 25.2 Å². The fourth-order valence-electron chi connectivity index (χ4n) is 2.51. The predicted molar refractivity (Wildman–Crippen MR) is 69.0 cm³/mol. The molecule has 0 radical (unpaired) electrons. The van der Waals surface area contributed by atoms with Gasteiger partial charge in [-0.15, -0.1) is 0 Å². The highest BCUT2D eigenvalue weighted by Gasteiger charge is 2.49. The smallest absolute Gasteiger partial charge is 0.355 e. The topological polar surface area (TPSA) is 41.1 Å². The maximum Gasteiger partial charge on any atom is 0.393 e. The van der Waals surface area contributed by atoms with Crippen LogP contribution in [0.25, 0.3) is 0 Å². The van der Waals surface area contributed by atoms with Crippen molar-refractivity contribution in [1.29, 1.82) is 0 Å². The van der Waals surface area contributed by atoms with Crippen molar-refractivity contribution < 1.29 is 26.7 Å². The van der Waals surface area contributed by atoms with Crippen LogP contribution in [-0.4, -0.2) is 31.7 Å². The second-order valence-corrected chi connectivity index (χ2v) is 5.15. The van der Waals surface area contributed by atoms with Crippen LogP contribution >= 0.6 is 0 Å². The van der Waals surface area contributed by atoms with Gasteiger partial charge in [0.1, 0.15) is 11.6 Å². The van der Waals surface area contributed by atoms with E-state index in [0.717, 1.165) is 12.1 Å². The number of rotatable bonds is 4. The second-order valence-electron chi connectivity index (χ2n) is 5.15. The zero-order valence-corrected chi connectivity index (χ0v) is 11.5. The van der Waals surface area contributed by atoms with Gasteiger partial charge in [0.2, 0.25) is 5.91 Å². The van der Waals surface area contributed by atoms with Crippen molar-refractivity contribution in [2.24, 2.45) is 11.8 Å². The van der Waals surface area contributed by atoms with E-state index in [4.69, 9.17) is 0 Å². The minimum absolute atomic E-state index is 0.0654. The number of alkyl halides is 3. The van der Waals surface area contributed by atoms with Crippen molar-refractivity contribution in [1.82, 2.24) is 10.6 Å². The number of carbonyl (C=O) groups is 1. The summed E-state index contributed by atoms with van der Waals surface area (Å²) < 4.78 is 65.0. The van der Waals surface area contributed by atoms with E-state index < -0.39 is 35.6 Å². The molecule has 1 saturated heterocycles. The zero-order chi connectivity index (χ0) is 16.3.